The largest absolute Gasteiger partial charge is 0.481 e. The molecule has 0 fully saturated rings. The summed E-state index contributed by atoms with van der Waals surface area (Å²) in [6.45, 7) is 1.93. The van der Waals surface area contributed by atoms with Gasteiger partial charge in [0.25, 0.3) is 0 Å². The van der Waals surface area contributed by atoms with Crippen LogP contribution in [0, 0.1) is 10.5 Å². The van der Waals surface area contributed by atoms with Crippen LogP contribution in [0.15, 0.2) is 18.3 Å². The van der Waals surface area contributed by atoms with E-state index < -0.39 is 0 Å². The minimum Gasteiger partial charge on any atom is -0.481 e. The molecule has 6 heteroatoms. The average Bonchev–Trinajstić information content (AvgIpc) is 2.37. The van der Waals surface area contributed by atoms with Crippen LogP contribution in [0.1, 0.15) is 17.1 Å². The van der Waals surface area contributed by atoms with Crippen molar-refractivity contribution in [3.05, 3.63) is 39.0 Å². The third-order valence-electron chi connectivity index (χ3n) is 2.46. The highest BCUT2D eigenvalue weighted by Crippen LogP contribution is 2.17. The lowest BCUT2D eigenvalue weighted by atomic mass is 10.2. The summed E-state index contributed by atoms with van der Waals surface area (Å²) in [6, 6.07) is 3.76. The van der Waals surface area contributed by atoms with Gasteiger partial charge < -0.3 is 10.5 Å². The Labute approximate surface area is 119 Å². The number of ether oxygens (including phenoxy) is 1. The Morgan fingerprint density at radius 1 is 1.33 bits per heavy atom. The van der Waals surface area contributed by atoms with Crippen molar-refractivity contribution in [3.8, 4) is 5.88 Å². The zero-order valence-electron chi connectivity index (χ0n) is 10.1. The molecule has 0 aliphatic carbocycles. The van der Waals surface area contributed by atoms with Crippen LogP contribution in [0.2, 0.25) is 0 Å². The van der Waals surface area contributed by atoms with E-state index in [1.54, 1.807) is 13.3 Å². The van der Waals surface area contributed by atoms with Crippen LogP contribution in [0.3, 0.4) is 0 Å². The van der Waals surface area contributed by atoms with Gasteiger partial charge in [-0.15, -0.1) is 0 Å². The molecule has 0 atom stereocenters. The number of aryl methyl sites for hydroxylation is 1. The maximum absolute atomic E-state index is 5.83. The second kappa shape index (κ2) is 5.47. The molecule has 0 bridgehead atoms. The smallest absolute Gasteiger partial charge is 0.212 e. The van der Waals surface area contributed by atoms with Crippen LogP contribution in [0.5, 0.6) is 5.88 Å². The molecule has 2 aromatic heterocycles. The highest BCUT2D eigenvalue weighted by Gasteiger charge is 2.07. The molecule has 0 amide bonds. The Morgan fingerprint density at radius 3 is 2.67 bits per heavy atom. The maximum Gasteiger partial charge on any atom is 0.212 e. The van der Waals surface area contributed by atoms with Gasteiger partial charge in [-0.05, 0) is 35.1 Å². The number of nitrogens with zero attached hydrogens (tertiary/aromatic N) is 3. The van der Waals surface area contributed by atoms with Crippen LogP contribution in [-0.4, -0.2) is 22.1 Å². The number of pyridine rings is 1. The molecule has 94 valence electrons. The monoisotopic (exact) mass is 356 g/mol. The third-order valence-corrected chi connectivity index (χ3v) is 3.79. The minimum absolute atomic E-state index is 0.527. The van der Waals surface area contributed by atoms with Gasteiger partial charge in [0.05, 0.1) is 16.4 Å². The molecule has 0 unspecified atom stereocenters. The van der Waals surface area contributed by atoms with E-state index in [0.717, 1.165) is 14.8 Å². The number of hydrogen-bond acceptors (Lipinski definition) is 5. The van der Waals surface area contributed by atoms with Crippen molar-refractivity contribution in [1.82, 2.24) is 15.0 Å². The van der Waals surface area contributed by atoms with Crippen LogP contribution in [0.25, 0.3) is 0 Å². The Bertz CT molecular complexity index is 533. The summed E-state index contributed by atoms with van der Waals surface area (Å²) in [4.78, 5) is 12.8. The number of hydrogen-bond donors (Lipinski definition) is 1. The van der Waals surface area contributed by atoms with Crippen molar-refractivity contribution in [2.45, 2.75) is 13.3 Å². The van der Waals surface area contributed by atoms with Gasteiger partial charge in [0.1, 0.15) is 11.6 Å². The van der Waals surface area contributed by atoms with Crippen LogP contribution in [0.4, 0.5) is 5.82 Å². The number of rotatable bonds is 3. The second-order valence-corrected chi connectivity index (χ2v) is 4.89. The summed E-state index contributed by atoms with van der Waals surface area (Å²) >= 11 is 2.15. The number of nitrogen functional groups attached to an aromatic ring is 1. The van der Waals surface area contributed by atoms with Crippen molar-refractivity contribution in [1.29, 1.82) is 0 Å². The molecule has 0 aliphatic rings. The molecule has 2 N–H and O–H groups in total. The van der Waals surface area contributed by atoms with Gasteiger partial charge in [-0.3, -0.25) is 0 Å². The van der Waals surface area contributed by atoms with Gasteiger partial charge in [-0.25, -0.2) is 15.0 Å². The predicted molar refractivity (Wildman–Crippen MR) is 77.5 cm³/mol. The first-order chi connectivity index (χ1) is 8.60. The summed E-state index contributed by atoms with van der Waals surface area (Å²) in [5.41, 5.74) is 7.75. The molecule has 0 aromatic carbocycles. The fourth-order valence-corrected chi connectivity index (χ4v) is 1.78. The summed E-state index contributed by atoms with van der Waals surface area (Å²) < 4.78 is 5.92. The Kier molecular flexibility index (Phi) is 3.95. The van der Waals surface area contributed by atoms with Crippen molar-refractivity contribution < 1.29 is 4.74 Å². The van der Waals surface area contributed by atoms with E-state index in [1.807, 2.05) is 19.1 Å². The van der Waals surface area contributed by atoms with Gasteiger partial charge in [-0.2, -0.15) is 0 Å². The van der Waals surface area contributed by atoms with E-state index in [9.17, 15) is 0 Å². The van der Waals surface area contributed by atoms with Crippen LogP contribution < -0.4 is 10.5 Å². The number of methoxy groups -OCH3 is 1. The van der Waals surface area contributed by atoms with E-state index in [4.69, 9.17) is 10.5 Å². The van der Waals surface area contributed by atoms with Gasteiger partial charge in [-0.1, -0.05) is 6.07 Å². The molecule has 2 rings (SSSR count). The molecule has 18 heavy (non-hydrogen) atoms. The van der Waals surface area contributed by atoms with E-state index in [1.165, 1.54) is 0 Å². The van der Waals surface area contributed by atoms with Crippen molar-refractivity contribution in [2.75, 3.05) is 12.8 Å². The lowest BCUT2D eigenvalue weighted by molar-refractivity contribution is 0.397. The normalized spacial score (nSPS) is 10.4. The average molecular weight is 356 g/mol. The van der Waals surface area contributed by atoms with Crippen molar-refractivity contribution in [3.63, 3.8) is 0 Å². The fraction of sp³-hybridized carbons (Fsp3) is 0.250. The lowest BCUT2D eigenvalue weighted by Gasteiger charge is -2.06. The molecule has 0 saturated carbocycles. The number of halogens is 1. The quantitative estimate of drug-likeness (QED) is 0.852. The molecular formula is C12H13IN4O. The molecule has 2 heterocycles. The maximum atomic E-state index is 5.83. The third kappa shape index (κ3) is 2.87. The molecule has 0 saturated heterocycles. The van der Waals surface area contributed by atoms with E-state index >= 15 is 0 Å². The Hall–Kier alpha value is -1.44. The predicted octanol–water partition coefficient (Wildman–Crippen LogP) is 1.97. The van der Waals surface area contributed by atoms with E-state index in [-0.39, 0.29) is 0 Å². The first-order valence-electron chi connectivity index (χ1n) is 5.37. The molecular weight excluding hydrogens is 343 g/mol. The summed E-state index contributed by atoms with van der Waals surface area (Å²) in [7, 11) is 1.59. The standard InChI is InChI=1S/C12H13IN4O/c1-7-11(13)12(14)17-9(16-7)5-8-3-4-10(18-2)15-6-8/h3-4,6H,5H2,1-2H3,(H2,14,16,17). The SMILES string of the molecule is COc1ccc(Cc2nc(C)c(I)c(N)n2)cn1. The van der Waals surface area contributed by atoms with E-state index in [0.29, 0.717) is 23.9 Å². The molecule has 0 aliphatic heterocycles. The number of nitrogens with two attached hydrogens (primary N) is 1. The van der Waals surface area contributed by atoms with Crippen molar-refractivity contribution >= 4 is 28.4 Å². The second-order valence-electron chi connectivity index (χ2n) is 3.81. The number of anilines is 1. The van der Waals surface area contributed by atoms with Gasteiger partial charge >= 0.3 is 0 Å². The summed E-state index contributed by atoms with van der Waals surface area (Å²) in [5, 5.41) is 0. The lowest BCUT2D eigenvalue weighted by Crippen LogP contribution is -2.05. The van der Waals surface area contributed by atoms with E-state index in [2.05, 4.69) is 37.5 Å². The molecule has 2 aromatic rings. The topological polar surface area (TPSA) is 73.9 Å². The van der Waals surface area contributed by atoms with Gasteiger partial charge in [0.15, 0.2) is 0 Å². The summed E-state index contributed by atoms with van der Waals surface area (Å²) in [6.07, 6.45) is 2.37. The Morgan fingerprint density at radius 2 is 2.11 bits per heavy atom. The van der Waals surface area contributed by atoms with Crippen LogP contribution >= 0.6 is 22.6 Å². The summed E-state index contributed by atoms with van der Waals surface area (Å²) in [5.74, 6) is 1.83. The highest BCUT2D eigenvalue weighted by molar-refractivity contribution is 14.1. The molecule has 5 nitrogen and oxygen atoms in total. The van der Waals surface area contributed by atoms with Gasteiger partial charge in [0.2, 0.25) is 5.88 Å². The Balaban J connectivity index is 2.23. The first-order valence-corrected chi connectivity index (χ1v) is 6.45. The zero-order chi connectivity index (χ0) is 13.1. The molecule has 0 radical (unpaired) electrons. The van der Waals surface area contributed by atoms with Gasteiger partial charge in [0, 0.05) is 18.7 Å². The van der Waals surface area contributed by atoms with Crippen molar-refractivity contribution in [2.24, 2.45) is 0 Å². The highest BCUT2D eigenvalue weighted by atomic mass is 127. The fourth-order valence-electron chi connectivity index (χ4n) is 1.54. The van der Waals surface area contributed by atoms with Crippen LogP contribution in [-0.2, 0) is 6.42 Å². The first kappa shape index (κ1) is 13.0. The number of aromatic nitrogens is 3. The minimum atomic E-state index is 0.527. The molecule has 0 spiro atoms. The zero-order valence-corrected chi connectivity index (χ0v) is 12.3.